The number of hydrogen-bond donors (Lipinski definition) is 2. The van der Waals surface area contributed by atoms with Crippen LogP contribution in [0.5, 0.6) is 5.88 Å². The zero-order valence-corrected chi connectivity index (χ0v) is 18.2. The standard InChI is InChI=1S/C25H24ClN3O3/c26-22-5-2-10-28-25(22)32-21-8-11-29(16-21)23-7-6-20(14-18(23)9-12-30)24(31)19-4-1-3-17(13-19)15-27/h1-7,10,13-14,21,24,30-31H,8-9,11-12,16H2. The highest BCUT2D eigenvalue weighted by Gasteiger charge is 2.27. The van der Waals surface area contributed by atoms with Crippen molar-refractivity contribution in [1.29, 1.82) is 5.26 Å². The van der Waals surface area contributed by atoms with E-state index in [0.29, 0.717) is 35.0 Å². The number of ether oxygens (including phenoxy) is 1. The lowest BCUT2D eigenvalue weighted by Crippen LogP contribution is -2.26. The molecule has 0 radical (unpaired) electrons. The summed E-state index contributed by atoms with van der Waals surface area (Å²) in [6.45, 7) is 1.49. The lowest BCUT2D eigenvalue weighted by atomic mass is 9.96. The summed E-state index contributed by atoms with van der Waals surface area (Å²) in [4.78, 5) is 6.43. The van der Waals surface area contributed by atoms with Crippen LogP contribution in [-0.4, -0.2) is 41.0 Å². The molecular weight excluding hydrogens is 426 g/mol. The molecule has 2 aromatic carbocycles. The van der Waals surface area contributed by atoms with Gasteiger partial charge in [-0.3, -0.25) is 0 Å². The lowest BCUT2D eigenvalue weighted by molar-refractivity contribution is 0.216. The Balaban J connectivity index is 1.53. The van der Waals surface area contributed by atoms with E-state index in [4.69, 9.17) is 21.6 Å². The number of benzene rings is 2. The molecule has 32 heavy (non-hydrogen) atoms. The van der Waals surface area contributed by atoms with Gasteiger partial charge in [-0.25, -0.2) is 4.98 Å². The van der Waals surface area contributed by atoms with Crippen LogP contribution in [0.1, 0.15) is 34.8 Å². The highest BCUT2D eigenvalue weighted by atomic mass is 35.5. The summed E-state index contributed by atoms with van der Waals surface area (Å²) in [6.07, 6.45) is 2.07. The fourth-order valence-corrected chi connectivity index (χ4v) is 4.20. The summed E-state index contributed by atoms with van der Waals surface area (Å²) in [5.41, 5.74) is 3.86. The Labute approximate surface area is 192 Å². The number of nitrogens with zero attached hydrogens (tertiary/aromatic N) is 3. The van der Waals surface area contributed by atoms with E-state index >= 15 is 0 Å². The molecule has 2 heterocycles. The third-order valence-corrected chi connectivity index (χ3v) is 5.91. The third kappa shape index (κ3) is 4.86. The van der Waals surface area contributed by atoms with E-state index < -0.39 is 6.10 Å². The molecule has 0 spiro atoms. The number of aliphatic hydroxyl groups excluding tert-OH is 2. The highest BCUT2D eigenvalue weighted by molar-refractivity contribution is 6.31. The normalized spacial score (nSPS) is 16.6. The minimum Gasteiger partial charge on any atom is -0.471 e. The Morgan fingerprint density at radius 1 is 1.19 bits per heavy atom. The van der Waals surface area contributed by atoms with Gasteiger partial charge in [0, 0.05) is 31.5 Å². The summed E-state index contributed by atoms with van der Waals surface area (Å²) in [6, 6.07) is 18.4. The van der Waals surface area contributed by atoms with Crippen LogP contribution < -0.4 is 9.64 Å². The number of anilines is 1. The summed E-state index contributed by atoms with van der Waals surface area (Å²) in [5, 5.41) is 30.1. The van der Waals surface area contributed by atoms with Crippen molar-refractivity contribution in [2.75, 3.05) is 24.6 Å². The van der Waals surface area contributed by atoms with Gasteiger partial charge < -0.3 is 19.8 Å². The first-order chi connectivity index (χ1) is 15.6. The molecular formula is C25H24ClN3O3. The van der Waals surface area contributed by atoms with Gasteiger partial charge in [0.1, 0.15) is 17.2 Å². The van der Waals surface area contributed by atoms with Crippen LogP contribution in [0.2, 0.25) is 5.02 Å². The summed E-state index contributed by atoms with van der Waals surface area (Å²) in [5.74, 6) is 0.440. The zero-order valence-electron chi connectivity index (χ0n) is 17.5. The van der Waals surface area contributed by atoms with Crippen molar-refractivity contribution in [3.05, 3.63) is 88.1 Å². The number of aromatic nitrogens is 1. The van der Waals surface area contributed by atoms with Gasteiger partial charge >= 0.3 is 0 Å². The van der Waals surface area contributed by atoms with Gasteiger partial charge in [-0.15, -0.1) is 0 Å². The molecule has 1 aliphatic heterocycles. The topological polar surface area (TPSA) is 89.6 Å². The first-order valence-electron chi connectivity index (χ1n) is 10.5. The monoisotopic (exact) mass is 449 g/mol. The number of hydrogen-bond acceptors (Lipinski definition) is 6. The van der Waals surface area contributed by atoms with E-state index in [-0.39, 0.29) is 12.7 Å². The molecule has 0 bridgehead atoms. The number of halogens is 1. The molecule has 2 atom stereocenters. The fourth-order valence-electron chi connectivity index (χ4n) is 4.03. The van der Waals surface area contributed by atoms with E-state index in [9.17, 15) is 10.2 Å². The zero-order chi connectivity index (χ0) is 22.5. The molecule has 1 saturated heterocycles. The predicted molar refractivity (Wildman–Crippen MR) is 123 cm³/mol. The van der Waals surface area contributed by atoms with Crippen molar-refractivity contribution < 1.29 is 14.9 Å². The maximum atomic E-state index is 10.9. The summed E-state index contributed by atoms with van der Waals surface area (Å²) < 4.78 is 6.00. The number of nitriles is 1. The van der Waals surface area contributed by atoms with Crippen LogP contribution in [0.15, 0.2) is 60.8 Å². The number of pyridine rings is 1. The van der Waals surface area contributed by atoms with Crippen molar-refractivity contribution in [3.63, 3.8) is 0 Å². The second kappa shape index (κ2) is 10.0. The molecule has 0 amide bonds. The van der Waals surface area contributed by atoms with Crippen molar-refractivity contribution in [2.24, 2.45) is 0 Å². The summed E-state index contributed by atoms with van der Waals surface area (Å²) >= 11 is 6.17. The van der Waals surface area contributed by atoms with Crippen LogP contribution in [-0.2, 0) is 6.42 Å². The maximum Gasteiger partial charge on any atom is 0.232 e. The molecule has 7 heteroatoms. The minimum absolute atomic E-state index is 0.00772. The van der Waals surface area contributed by atoms with Crippen molar-refractivity contribution >= 4 is 17.3 Å². The van der Waals surface area contributed by atoms with Crippen molar-refractivity contribution in [3.8, 4) is 11.9 Å². The van der Waals surface area contributed by atoms with Crippen LogP contribution in [0.25, 0.3) is 0 Å². The Bertz CT molecular complexity index is 1130. The SMILES string of the molecule is N#Cc1cccc(C(O)c2ccc(N3CCC(Oc4ncccc4Cl)C3)c(CCO)c2)c1. The smallest absolute Gasteiger partial charge is 0.232 e. The Kier molecular flexibility index (Phi) is 6.91. The van der Waals surface area contributed by atoms with Gasteiger partial charge in [-0.05, 0) is 53.4 Å². The first kappa shape index (κ1) is 22.1. The van der Waals surface area contributed by atoms with Crippen LogP contribution in [0, 0.1) is 11.3 Å². The van der Waals surface area contributed by atoms with E-state index in [0.717, 1.165) is 29.8 Å². The average molecular weight is 450 g/mol. The quantitative estimate of drug-likeness (QED) is 0.569. The maximum absolute atomic E-state index is 10.9. The van der Waals surface area contributed by atoms with Crippen molar-refractivity contribution in [1.82, 2.24) is 4.98 Å². The third-order valence-electron chi connectivity index (χ3n) is 5.62. The molecule has 1 aromatic heterocycles. The number of aliphatic hydroxyl groups is 2. The molecule has 0 aliphatic carbocycles. The van der Waals surface area contributed by atoms with Gasteiger partial charge in [0.05, 0.1) is 18.2 Å². The average Bonchev–Trinajstić information content (AvgIpc) is 3.28. The van der Waals surface area contributed by atoms with Crippen LogP contribution in [0.4, 0.5) is 5.69 Å². The fraction of sp³-hybridized carbons (Fsp3) is 0.280. The molecule has 4 rings (SSSR count). The van der Waals surface area contributed by atoms with Gasteiger partial charge in [0.15, 0.2) is 0 Å². The first-order valence-corrected chi connectivity index (χ1v) is 10.9. The van der Waals surface area contributed by atoms with Gasteiger partial charge in [0.2, 0.25) is 5.88 Å². The van der Waals surface area contributed by atoms with Gasteiger partial charge in [-0.2, -0.15) is 5.26 Å². The summed E-state index contributed by atoms with van der Waals surface area (Å²) in [7, 11) is 0. The van der Waals surface area contributed by atoms with Gasteiger partial charge in [-0.1, -0.05) is 35.9 Å². The van der Waals surface area contributed by atoms with Crippen LogP contribution >= 0.6 is 11.6 Å². The highest BCUT2D eigenvalue weighted by Crippen LogP contribution is 2.32. The van der Waals surface area contributed by atoms with Gasteiger partial charge in [0.25, 0.3) is 0 Å². The van der Waals surface area contributed by atoms with E-state index in [1.54, 1.807) is 42.6 Å². The Morgan fingerprint density at radius 2 is 2.03 bits per heavy atom. The predicted octanol–water partition coefficient (Wildman–Crippen LogP) is 3.88. The molecule has 2 N–H and O–H groups in total. The molecule has 1 fully saturated rings. The van der Waals surface area contributed by atoms with E-state index in [1.807, 2.05) is 18.2 Å². The second-order valence-electron chi connectivity index (χ2n) is 7.77. The molecule has 6 nitrogen and oxygen atoms in total. The molecule has 2 unspecified atom stereocenters. The lowest BCUT2D eigenvalue weighted by Gasteiger charge is -2.24. The van der Waals surface area contributed by atoms with Crippen LogP contribution in [0.3, 0.4) is 0 Å². The van der Waals surface area contributed by atoms with E-state index in [1.165, 1.54) is 0 Å². The molecule has 164 valence electrons. The second-order valence-corrected chi connectivity index (χ2v) is 8.17. The minimum atomic E-state index is -0.851. The Morgan fingerprint density at radius 3 is 2.81 bits per heavy atom. The molecule has 1 aliphatic rings. The van der Waals surface area contributed by atoms with Crippen molar-refractivity contribution in [2.45, 2.75) is 25.0 Å². The molecule has 0 saturated carbocycles. The van der Waals surface area contributed by atoms with E-state index in [2.05, 4.69) is 16.0 Å². The number of rotatable bonds is 7. The largest absolute Gasteiger partial charge is 0.471 e. The Hall–Kier alpha value is -3.11. The molecule has 3 aromatic rings.